The summed E-state index contributed by atoms with van der Waals surface area (Å²) in [7, 11) is 0. The Morgan fingerprint density at radius 3 is 2.53 bits per heavy atom. The number of nitro benzene ring substituents is 1. The van der Waals surface area contributed by atoms with Gasteiger partial charge in [0.2, 0.25) is 0 Å². The van der Waals surface area contributed by atoms with Crippen LogP contribution in [0.15, 0.2) is 12.1 Å². The Kier molecular flexibility index (Phi) is 3.16. The van der Waals surface area contributed by atoms with Gasteiger partial charge in [0.1, 0.15) is 11.3 Å². The molecule has 0 aliphatic rings. The van der Waals surface area contributed by atoms with Crippen molar-refractivity contribution >= 4 is 29.4 Å². The van der Waals surface area contributed by atoms with Crippen LogP contribution in [0.3, 0.4) is 0 Å². The van der Waals surface area contributed by atoms with Gasteiger partial charge in [0.05, 0.1) is 4.92 Å². The van der Waals surface area contributed by atoms with Crippen molar-refractivity contribution in [1.29, 1.82) is 0 Å². The number of nitrogens with zero attached hydrogens (tertiary/aromatic N) is 1. The zero-order chi connectivity index (χ0) is 11.6. The number of ketones is 1. The van der Waals surface area contributed by atoms with Gasteiger partial charge >= 0.3 is 0 Å². The molecule has 0 unspecified atom stereocenters. The van der Waals surface area contributed by atoms with E-state index in [-0.39, 0.29) is 16.1 Å². The number of benzene rings is 1. The second-order valence-electron chi connectivity index (χ2n) is 2.83. The molecule has 5 nitrogen and oxygen atoms in total. The Balaban J connectivity index is 3.53. The zero-order valence-electron chi connectivity index (χ0n) is 7.69. The summed E-state index contributed by atoms with van der Waals surface area (Å²) < 4.78 is 0. The summed E-state index contributed by atoms with van der Waals surface area (Å²) in [6.45, 7) is 1.22. The number of hydrogen-bond acceptors (Lipinski definition) is 4. The smallest absolute Gasteiger partial charge is 0.289 e. The van der Waals surface area contributed by atoms with Crippen LogP contribution in [-0.4, -0.2) is 17.0 Å². The highest BCUT2D eigenvalue weighted by Crippen LogP contribution is 2.29. The van der Waals surface area contributed by atoms with Gasteiger partial charge in [-0.2, -0.15) is 0 Å². The average Bonchev–Trinajstić information content (AvgIpc) is 2.17. The standard InChI is InChI=1S/C9H6ClNO4/c1-5(13)7-2-6(4-12)3-8(9(7)10)11(14)15/h2-4H,1H3. The molecule has 0 aliphatic carbocycles. The van der Waals surface area contributed by atoms with Gasteiger partial charge in [-0.25, -0.2) is 0 Å². The van der Waals surface area contributed by atoms with Crippen LogP contribution in [-0.2, 0) is 0 Å². The first-order chi connectivity index (χ1) is 6.97. The van der Waals surface area contributed by atoms with E-state index in [4.69, 9.17) is 11.6 Å². The van der Waals surface area contributed by atoms with Crippen LogP contribution in [0.25, 0.3) is 0 Å². The first-order valence-electron chi connectivity index (χ1n) is 3.91. The predicted molar refractivity (Wildman–Crippen MR) is 53.5 cm³/mol. The van der Waals surface area contributed by atoms with Crippen molar-refractivity contribution in [1.82, 2.24) is 0 Å². The van der Waals surface area contributed by atoms with Crippen molar-refractivity contribution in [3.05, 3.63) is 38.4 Å². The summed E-state index contributed by atoms with van der Waals surface area (Å²) in [5.41, 5.74) is -0.407. The molecule has 0 saturated heterocycles. The monoisotopic (exact) mass is 227 g/mol. The van der Waals surface area contributed by atoms with Crippen molar-refractivity contribution in [2.24, 2.45) is 0 Å². The highest BCUT2D eigenvalue weighted by molar-refractivity contribution is 6.36. The van der Waals surface area contributed by atoms with E-state index >= 15 is 0 Å². The molecule has 0 radical (unpaired) electrons. The van der Waals surface area contributed by atoms with Gasteiger partial charge in [0.25, 0.3) is 5.69 Å². The lowest BCUT2D eigenvalue weighted by molar-refractivity contribution is -0.384. The third-order valence-corrected chi connectivity index (χ3v) is 2.19. The molecule has 0 N–H and O–H groups in total. The summed E-state index contributed by atoms with van der Waals surface area (Å²) in [5.74, 6) is -0.424. The molecule has 0 atom stereocenters. The molecule has 6 heteroatoms. The van der Waals surface area contributed by atoms with Gasteiger partial charge in [0, 0.05) is 17.2 Å². The number of nitro groups is 1. The Morgan fingerprint density at radius 1 is 1.53 bits per heavy atom. The number of rotatable bonds is 3. The minimum Gasteiger partial charge on any atom is -0.298 e. The number of aldehydes is 1. The van der Waals surface area contributed by atoms with Crippen LogP contribution in [0.1, 0.15) is 27.6 Å². The average molecular weight is 228 g/mol. The molecule has 0 bridgehead atoms. The van der Waals surface area contributed by atoms with E-state index in [0.29, 0.717) is 6.29 Å². The zero-order valence-corrected chi connectivity index (χ0v) is 8.45. The Labute approximate surface area is 89.8 Å². The number of Topliss-reactive ketones (excluding diaryl/α,β-unsaturated/α-hetero) is 1. The molecule has 1 aromatic carbocycles. The van der Waals surface area contributed by atoms with E-state index in [9.17, 15) is 19.7 Å². The first-order valence-corrected chi connectivity index (χ1v) is 4.29. The lowest BCUT2D eigenvalue weighted by atomic mass is 10.1. The van der Waals surface area contributed by atoms with Crippen LogP contribution >= 0.6 is 11.6 Å². The Hall–Kier alpha value is -1.75. The quantitative estimate of drug-likeness (QED) is 0.343. The fraction of sp³-hybridized carbons (Fsp3) is 0.111. The summed E-state index contributed by atoms with van der Waals surface area (Å²) in [6.07, 6.45) is 0.426. The van der Waals surface area contributed by atoms with Crippen molar-refractivity contribution in [3.63, 3.8) is 0 Å². The van der Waals surface area contributed by atoms with E-state index in [1.165, 1.54) is 13.0 Å². The maximum absolute atomic E-state index is 11.1. The predicted octanol–water partition coefficient (Wildman–Crippen LogP) is 2.26. The van der Waals surface area contributed by atoms with Gasteiger partial charge in [0.15, 0.2) is 5.78 Å². The molecule has 0 fully saturated rings. The summed E-state index contributed by atoms with van der Waals surface area (Å²) in [4.78, 5) is 31.4. The minimum atomic E-state index is -0.734. The molecule has 0 heterocycles. The molecule has 0 aliphatic heterocycles. The molecule has 15 heavy (non-hydrogen) atoms. The minimum absolute atomic E-state index is 0.0204. The number of carbonyl (C=O) groups excluding carboxylic acids is 2. The van der Waals surface area contributed by atoms with Crippen molar-refractivity contribution < 1.29 is 14.5 Å². The van der Waals surface area contributed by atoms with Gasteiger partial charge in [-0.15, -0.1) is 0 Å². The molecule has 0 aromatic heterocycles. The van der Waals surface area contributed by atoms with Gasteiger partial charge < -0.3 is 0 Å². The largest absolute Gasteiger partial charge is 0.298 e. The maximum Gasteiger partial charge on any atom is 0.289 e. The van der Waals surface area contributed by atoms with Crippen LogP contribution in [0.4, 0.5) is 5.69 Å². The van der Waals surface area contributed by atoms with E-state index in [0.717, 1.165) is 6.07 Å². The second-order valence-corrected chi connectivity index (χ2v) is 3.21. The summed E-state index contributed by atoms with van der Waals surface area (Å²) in [5, 5.41) is 10.3. The second kappa shape index (κ2) is 4.18. The molecule has 1 aromatic rings. The van der Waals surface area contributed by atoms with Crippen LogP contribution in [0.5, 0.6) is 0 Å². The van der Waals surface area contributed by atoms with E-state index in [1.807, 2.05) is 0 Å². The SMILES string of the molecule is CC(=O)c1cc(C=O)cc([N+](=O)[O-])c1Cl. The number of carbonyl (C=O) groups is 2. The van der Waals surface area contributed by atoms with Crippen LogP contribution < -0.4 is 0 Å². The molecular formula is C9H6ClNO4. The number of halogens is 1. The van der Waals surface area contributed by atoms with Gasteiger partial charge in [-0.1, -0.05) is 11.6 Å². The van der Waals surface area contributed by atoms with Gasteiger partial charge in [-0.3, -0.25) is 19.7 Å². The number of hydrogen-bond donors (Lipinski definition) is 0. The highest BCUT2D eigenvalue weighted by Gasteiger charge is 2.19. The fourth-order valence-corrected chi connectivity index (χ4v) is 1.40. The normalized spacial score (nSPS) is 9.73. The molecule has 1 rings (SSSR count). The summed E-state index contributed by atoms with van der Waals surface area (Å²) in [6, 6.07) is 2.26. The van der Waals surface area contributed by atoms with Crippen molar-refractivity contribution in [3.8, 4) is 0 Å². The molecule has 0 spiro atoms. The Bertz CT molecular complexity index is 420. The first kappa shape index (κ1) is 11.3. The molecule has 0 saturated carbocycles. The fourth-order valence-electron chi connectivity index (χ4n) is 1.09. The van der Waals surface area contributed by atoms with Crippen molar-refractivity contribution in [2.75, 3.05) is 0 Å². The van der Waals surface area contributed by atoms with Gasteiger partial charge in [-0.05, 0) is 13.0 Å². The lowest BCUT2D eigenvalue weighted by Crippen LogP contribution is -2.00. The van der Waals surface area contributed by atoms with Crippen LogP contribution in [0.2, 0.25) is 5.02 Å². The lowest BCUT2D eigenvalue weighted by Gasteiger charge is -2.02. The van der Waals surface area contributed by atoms with Crippen molar-refractivity contribution in [2.45, 2.75) is 6.92 Å². The van der Waals surface area contributed by atoms with E-state index in [1.54, 1.807) is 0 Å². The molecule has 78 valence electrons. The van der Waals surface area contributed by atoms with Crippen LogP contribution in [0, 0.1) is 10.1 Å². The highest BCUT2D eigenvalue weighted by atomic mass is 35.5. The topological polar surface area (TPSA) is 77.3 Å². The molecule has 0 amide bonds. The summed E-state index contributed by atoms with van der Waals surface area (Å²) >= 11 is 5.65. The Morgan fingerprint density at radius 2 is 2.13 bits per heavy atom. The third-order valence-electron chi connectivity index (χ3n) is 1.79. The molecular weight excluding hydrogens is 222 g/mol. The maximum atomic E-state index is 11.1. The van der Waals surface area contributed by atoms with E-state index < -0.39 is 16.4 Å². The van der Waals surface area contributed by atoms with E-state index in [2.05, 4.69) is 0 Å². The third kappa shape index (κ3) is 2.19.